The Morgan fingerprint density at radius 3 is 2.69 bits per heavy atom. The highest BCUT2D eigenvalue weighted by atomic mass is 16.6. The van der Waals surface area contributed by atoms with E-state index in [9.17, 15) is 14.9 Å². The molecule has 2 aromatic carbocycles. The van der Waals surface area contributed by atoms with Crippen LogP contribution in [0.3, 0.4) is 0 Å². The molecule has 2 aromatic rings. The SMILES string of the molecule is CN1CCCC1CNC(=O)c1cccc(Oc2ccc([N+](=O)[O-])cc2)c1. The fraction of sp³-hybridized carbons (Fsp3) is 0.316. The second-order valence-electron chi connectivity index (χ2n) is 6.37. The number of carbonyl (C=O) groups is 1. The predicted molar refractivity (Wildman–Crippen MR) is 97.6 cm³/mol. The fourth-order valence-corrected chi connectivity index (χ4v) is 3.02. The van der Waals surface area contributed by atoms with Gasteiger partial charge >= 0.3 is 0 Å². The molecule has 1 fully saturated rings. The number of hydrogen-bond donors (Lipinski definition) is 1. The summed E-state index contributed by atoms with van der Waals surface area (Å²) in [5, 5.41) is 13.7. The van der Waals surface area contributed by atoms with Crippen LogP contribution in [0.15, 0.2) is 48.5 Å². The second-order valence-corrected chi connectivity index (χ2v) is 6.37. The van der Waals surface area contributed by atoms with Gasteiger partial charge in [-0.1, -0.05) is 6.07 Å². The minimum Gasteiger partial charge on any atom is -0.457 e. The summed E-state index contributed by atoms with van der Waals surface area (Å²) in [7, 11) is 2.07. The van der Waals surface area contributed by atoms with Gasteiger partial charge in [0.25, 0.3) is 11.6 Å². The molecule has 0 radical (unpaired) electrons. The van der Waals surface area contributed by atoms with Crippen molar-refractivity contribution in [2.75, 3.05) is 20.1 Å². The molecule has 0 aromatic heterocycles. The maximum absolute atomic E-state index is 12.4. The number of ether oxygens (including phenoxy) is 1. The number of likely N-dealkylation sites (tertiary alicyclic amines) is 1. The number of nitrogens with zero attached hydrogens (tertiary/aromatic N) is 2. The van der Waals surface area contributed by atoms with Crippen LogP contribution in [-0.2, 0) is 0 Å². The molecule has 7 nitrogen and oxygen atoms in total. The van der Waals surface area contributed by atoms with Crippen molar-refractivity contribution in [2.45, 2.75) is 18.9 Å². The summed E-state index contributed by atoms with van der Waals surface area (Å²) >= 11 is 0. The van der Waals surface area contributed by atoms with Gasteiger partial charge in [0.1, 0.15) is 11.5 Å². The highest BCUT2D eigenvalue weighted by molar-refractivity contribution is 5.94. The van der Waals surface area contributed by atoms with Crippen LogP contribution in [0.25, 0.3) is 0 Å². The van der Waals surface area contributed by atoms with Gasteiger partial charge in [0, 0.05) is 30.3 Å². The average molecular weight is 355 g/mol. The van der Waals surface area contributed by atoms with E-state index in [0.717, 1.165) is 19.4 Å². The summed E-state index contributed by atoms with van der Waals surface area (Å²) in [4.78, 5) is 24.9. The minimum absolute atomic E-state index is 0.00218. The summed E-state index contributed by atoms with van der Waals surface area (Å²) in [6.45, 7) is 1.70. The van der Waals surface area contributed by atoms with Crippen molar-refractivity contribution >= 4 is 11.6 Å². The third-order valence-electron chi connectivity index (χ3n) is 4.55. The van der Waals surface area contributed by atoms with Gasteiger partial charge in [-0.15, -0.1) is 0 Å². The molecule has 0 spiro atoms. The van der Waals surface area contributed by atoms with Crippen molar-refractivity contribution in [1.29, 1.82) is 0 Å². The summed E-state index contributed by atoms with van der Waals surface area (Å²) < 4.78 is 5.69. The zero-order chi connectivity index (χ0) is 18.5. The van der Waals surface area contributed by atoms with E-state index in [1.54, 1.807) is 24.3 Å². The molecule has 1 amide bonds. The molecule has 136 valence electrons. The number of benzene rings is 2. The van der Waals surface area contributed by atoms with E-state index < -0.39 is 4.92 Å². The number of nitro groups is 1. The zero-order valence-electron chi connectivity index (χ0n) is 14.6. The van der Waals surface area contributed by atoms with E-state index in [-0.39, 0.29) is 11.6 Å². The molecule has 26 heavy (non-hydrogen) atoms. The van der Waals surface area contributed by atoms with Crippen molar-refractivity contribution in [2.24, 2.45) is 0 Å². The van der Waals surface area contributed by atoms with Crippen LogP contribution in [0.2, 0.25) is 0 Å². The number of likely N-dealkylation sites (N-methyl/N-ethyl adjacent to an activating group) is 1. The molecule has 1 saturated heterocycles. The Morgan fingerprint density at radius 2 is 2.04 bits per heavy atom. The lowest BCUT2D eigenvalue weighted by molar-refractivity contribution is -0.384. The highest BCUT2D eigenvalue weighted by Gasteiger charge is 2.21. The van der Waals surface area contributed by atoms with Gasteiger partial charge in [0.15, 0.2) is 0 Å². The number of nitro benzene ring substituents is 1. The number of carbonyl (C=O) groups excluding carboxylic acids is 1. The molecular weight excluding hydrogens is 334 g/mol. The van der Waals surface area contributed by atoms with E-state index in [4.69, 9.17) is 4.74 Å². The first-order valence-electron chi connectivity index (χ1n) is 8.54. The van der Waals surface area contributed by atoms with Crippen molar-refractivity contribution in [3.05, 3.63) is 64.2 Å². The number of nitrogens with one attached hydrogen (secondary N) is 1. The summed E-state index contributed by atoms with van der Waals surface area (Å²) in [5.74, 6) is 0.838. The van der Waals surface area contributed by atoms with Gasteiger partial charge in [-0.3, -0.25) is 14.9 Å². The lowest BCUT2D eigenvalue weighted by Crippen LogP contribution is -2.38. The number of rotatable bonds is 6. The number of amides is 1. The van der Waals surface area contributed by atoms with E-state index in [1.165, 1.54) is 24.3 Å². The standard InChI is InChI=1S/C19H21N3O4/c1-21-11-3-5-16(21)13-20-19(23)14-4-2-6-18(12-14)26-17-9-7-15(8-10-17)22(24)25/h2,4,6-10,12,16H,3,5,11,13H2,1H3,(H,20,23). The summed E-state index contributed by atoms with van der Waals surface area (Å²) in [5.41, 5.74) is 0.521. The monoisotopic (exact) mass is 355 g/mol. The first kappa shape index (κ1) is 17.9. The Kier molecular flexibility index (Phi) is 5.48. The summed E-state index contributed by atoms with van der Waals surface area (Å²) in [6.07, 6.45) is 2.26. The van der Waals surface area contributed by atoms with Crippen LogP contribution in [0, 0.1) is 10.1 Å². The van der Waals surface area contributed by atoms with Crippen LogP contribution in [0.5, 0.6) is 11.5 Å². The van der Waals surface area contributed by atoms with Crippen LogP contribution >= 0.6 is 0 Å². The van der Waals surface area contributed by atoms with Gasteiger partial charge in [0.05, 0.1) is 4.92 Å². The fourth-order valence-electron chi connectivity index (χ4n) is 3.02. The lowest BCUT2D eigenvalue weighted by atomic mass is 10.2. The largest absolute Gasteiger partial charge is 0.457 e. The van der Waals surface area contributed by atoms with Gasteiger partial charge in [-0.25, -0.2) is 0 Å². The molecule has 0 bridgehead atoms. The van der Waals surface area contributed by atoms with Crippen LogP contribution in [-0.4, -0.2) is 41.9 Å². The molecule has 0 saturated carbocycles. The minimum atomic E-state index is -0.462. The first-order chi connectivity index (χ1) is 12.5. The molecular formula is C19H21N3O4. The van der Waals surface area contributed by atoms with Crippen molar-refractivity contribution in [3.8, 4) is 11.5 Å². The van der Waals surface area contributed by atoms with Crippen LogP contribution in [0.1, 0.15) is 23.2 Å². The van der Waals surface area contributed by atoms with Gasteiger partial charge in [-0.2, -0.15) is 0 Å². The molecule has 3 rings (SSSR count). The van der Waals surface area contributed by atoms with Gasteiger partial charge < -0.3 is 15.0 Å². The molecule has 1 unspecified atom stereocenters. The molecule has 7 heteroatoms. The average Bonchev–Trinajstić information content (AvgIpc) is 3.05. The molecule has 0 aliphatic carbocycles. The third-order valence-corrected chi connectivity index (χ3v) is 4.55. The second kappa shape index (κ2) is 7.97. The Labute approximate surface area is 151 Å². The maximum atomic E-state index is 12.4. The topological polar surface area (TPSA) is 84.7 Å². The van der Waals surface area contributed by atoms with Gasteiger partial charge in [-0.05, 0) is 56.8 Å². The van der Waals surface area contributed by atoms with E-state index >= 15 is 0 Å². The lowest BCUT2D eigenvalue weighted by Gasteiger charge is -2.19. The number of hydrogen-bond acceptors (Lipinski definition) is 5. The van der Waals surface area contributed by atoms with Crippen molar-refractivity contribution in [3.63, 3.8) is 0 Å². The number of non-ortho nitro benzene ring substituents is 1. The molecule has 1 aliphatic rings. The predicted octanol–water partition coefficient (Wildman–Crippen LogP) is 3.21. The Bertz CT molecular complexity index is 792. The van der Waals surface area contributed by atoms with E-state index in [0.29, 0.717) is 29.6 Å². The quantitative estimate of drug-likeness (QED) is 0.635. The van der Waals surface area contributed by atoms with Crippen molar-refractivity contribution in [1.82, 2.24) is 10.2 Å². The van der Waals surface area contributed by atoms with Crippen molar-refractivity contribution < 1.29 is 14.5 Å². The zero-order valence-corrected chi connectivity index (χ0v) is 14.6. The Balaban J connectivity index is 1.61. The summed E-state index contributed by atoms with van der Waals surface area (Å²) in [6, 6.07) is 13.1. The third kappa shape index (κ3) is 4.37. The molecule has 1 heterocycles. The van der Waals surface area contributed by atoms with Crippen LogP contribution in [0.4, 0.5) is 5.69 Å². The highest BCUT2D eigenvalue weighted by Crippen LogP contribution is 2.24. The smallest absolute Gasteiger partial charge is 0.269 e. The normalized spacial score (nSPS) is 17.0. The molecule has 1 atom stereocenters. The maximum Gasteiger partial charge on any atom is 0.269 e. The first-order valence-corrected chi connectivity index (χ1v) is 8.54. The Hall–Kier alpha value is -2.93. The molecule has 1 aliphatic heterocycles. The molecule has 1 N–H and O–H groups in total. The van der Waals surface area contributed by atoms with E-state index in [2.05, 4.69) is 17.3 Å². The Morgan fingerprint density at radius 1 is 1.27 bits per heavy atom. The van der Waals surface area contributed by atoms with Crippen LogP contribution < -0.4 is 10.1 Å². The van der Waals surface area contributed by atoms with Gasteiger partial charge in [0.2, 0.25) is 0 Å². The van der Waals surface area contributed by atoms with E-state index in [1.807, 2.05) is 0 Å².